The molecule has 0 bridgehead atoms. The van der Waals surface area contributed by atoms with Gasteiger partial charge in [0, 0.05) is 35.6 Å². The van der Waals surface area contributed by atoms with Crippen molar-refractivity contribution < 1.29 is 13.2 Å². The number of thiazole rings is 1. The van der Waals surface area contributed by atoms with Crippen LogP contribution in [0.15, 0.2) is 84.5 Å². The Balaban J connectivity index is 1.69. The van der Waals surface area contributed by atoms with Crippen molar-refractivity contribution in [3.8, 4) is 16.3 Å². The SMILES string of the molecule is COc1cc(-c2ncc(Cl)s2)ccc1N(c1ccncn1)S(=O)(=O)c1ccc2cnccc2c1. The normalized spacial score (nSPS) is 11.5. The summed E-state index contributed by atoms with van der Waals surface area (Å²) in [5.74, 6) is 0.504. The van der Waals surface area contributed by atoms with Crippen molar-refractivity contribution in [1.29, 1.82) is 0 Å². The molecule has 0 amide bonds. The van der Waals surface area contributed by atoms with E-state index in [-0.39, 0.29) is 10.7 Å². The number of sulfonamides is 1. The highest BCUT2D eigenvalue weighted by atomic mass is 35.5. The van der Waals surface area contributed by atoms with Crippen LogP contribution in [-0.2, 0) is 10.0 Å². The molecule has 8 nitrogen and oxygen atoms in total. The minimum atomic E-state index is -4.10. The second-order valence-corrected chi connectivity index (χ2v) is 10.5. The van der Waals surface area contributed by atoms with Gasteiger partial charge in [-0.25, -0.2) is 27.7 Å². The number of ether oxygens (including phenoxy) is 1. The second-order valence-electron chi connectivity index (χ2n) is 7.08. The summed E-state index contributed by atoms with van der Waals surface area (Å²) in [6.07, 6.45) is 7.64. The number of pyridine rings is 1. The van der Waals surface area contributed by atoms with Crippen LogP contribution in [0.3, 0.4) is 0 Å². The monoisotopic (exact) mass is 509 g/mol. The van der Waals surface area contributed by atoms with Crippen LogP contribution in [0.1, 0.15) is 0 Å². The van der Waals surface area contributed by atoms with E-state index >= 15 is 0 Å². The zero-order valence-corrected chi connectivity index (χ0v) is 20.0. The lowest BCUT2D eigenvalue weighted by molar-refractivity contribution is 0.416. The number of hydrogen-bond acceptors (Lipinski definition) is 8. The van der Waals surface area contributed by atoms with Gasteiger partial charge in [-0.05, 0) is 41.8 Å². The lowest BCUT2D eigenvalue weighted by Crippen LogP contribution is -2.27. The van der Waals surface area contributed by atoms with Crippen molar-refractivity contribution in [2.24, 2.45) is 0 Å². The molecule has 0 fully saturated rings. The largest absolute Gasteiger partial charge is 0.495 e. The number of hydrogen-bond donors (Lipinski definition) is 0. The molecule has 170 valence electrons. The number of rotatable bonds is 6. The first kappa shape index (κ1) is 22.2. The van der Waals surface area contributed by atoms with Crippen molar-refractivity contribution in [2.75, 3.05) is 11.4 Å². The Hall–Kier alpha value is -3.60. The molecular formula is C23H16ClN5O3S2. The summed E-state index contributed by atoms with van der Waals surface area (Å²) < 4.78 is 35.2. The molecule has 0 aliphatic heterocycles. The summed E-state index contributed by atoms with van der Waals surface area (Å²) in [5.41, 5.74) is 1.04. The predicted molar refractivity (Wildman–Crippen MR) is 132 cm³/mol. The highest BCUT2D eigenvalue weighted by molar-refractivity contribution is 7.93. The number of nitrogens with zero attached hydrogens (tertiary/aromatic N) is 5. The second kappa shape index (κ2) is 8.98. The molecule has 0 aliphatic carbocycles. The molecule has 0 saturated heterocycles. The molecule has 11 heteroatoms. The molecule has 3 heterocycles. The molecule has 0 unspecified atom stereocenters. The van der Waals surface area contributed by atoms with Crippen molar-refractivity contribution in [3.05, 3.63) is 84.0 Å². The van der Waals surface area contributed by atoms with Crippen LogP contribution in [-0.4, -0.2) is 35.5 Å². The van der Waals surface area contributed by atoms with Gasteiger partial charge in [0.1, 0.15) is 27.1 Å². The van der Waals surface area contributed by atoms with E-state index in [2.05, 4.69) is 19.9 Å². The van der Waals surface area contributed by atoms with Crippen LogP contribution in [0.2, 0.25) is 4.34 Å². The average molecular weight is 510 g/mol. The van der Waals surface area contributed by atoms with Crippen LogP contribution >= 0.6 is 22.9 Å². The third-order valence-corrected chi connectivity index (χ3v) is 7.93. The molecule has 5 rings (SSSR count). The molecule has 34 heavy (non-hydrogen) atoms. The number of benzene rings is 2. The molecule has 0 radical (unpaired) electrons. The van der Waals surface area contributed by atoms with E-state index in [0.717, 1.165) is 20.6 Å². The van der Waals surface area contributed by atoms with Gasteiger partial charge in [0.2, 0.25) is 0 Å². The maximum Gasteiger partial charge on any atom is 0.270 e. The van der Waals surface area contributed by atoms with Crippen LogP contribution in [0.4, 0.5) is 11.5 Å². The minimum absolute atomic E-state index is 0.0997. The maximum absolute atomic E-state index is 14.0. The smallest absolute Gasteiger partial charge is 0.270 e. The van der Waals surface area contributed by atoms with Gasteiger partial charge in [-0.2, -0.15) is 0 Å². The molecule has 0 spiro atoms. The number of halogens is 1. The third-order valence-electron chi connectivity index (χ3n) is 5.05. The van der Waals surface area contributed by atoms with Crippen LogP contribution < -0.4 is 9.04 Å². The molecule has 0 saturated carbocycles. The third kappa shape index (κ3) is 4.07. The van der Waals surface area contributed by atoms with E-state index in [1.165, 1.54) is 37.0 Å². The van der Waals surface area contributed by atoms with Gasteiger partial charge < -0.3 is 4.74 Å². The number of fused-ring (bicyclic) bond motifs is 1. The fourth-order valence-corrected chi connectivity index (χ4v) is 5.87. The Morgan fingerprint density at radius 1 is 0.941 bits per heavy atom. The summed E-state index contributed by atoms with van der Waals surface area (Å²) in [7, 11) is -2.62. The minimum Gasteiger partial charge on any atom is -0.495 e. The molecular weight excluding hydrogens is 494 g/mol. The zero-order chi connectivity index (χ0) is 23.7. The van der Waals surface area contributed by atoms with E-state index in [9.17, 15) is 8.42 Å². The maximum atomic E-state index is 14.0. The summed E-state index contributed by atoms with van der Waals surface area (Å²) in [5, 5.41) is 2.27. The van der Waals surface area contributed by atoms with Crippen molar-refractivity contribution in [1.82, 2.24) is 19.9 Å². The van der Waals surface area contributed by atoms with Gasteiger partial charge >= 0.3 is 0 Å². The topological polar surface area (TPSA) is 98.2 Å². The van der Waals surface area contributed by atoms with E-state index in [4.69, 9.17) is 16.3 Å². The Kier molecular flexibility index (Phi) is 5.86. The quantitative estimate of drug-likeness (QED) is 0.305. The molecule has 2 aromatic carbocycles. The van der Waals surface area contributed by atoms with Gasteiger partial charge in [0.05, 0.1) is 18.2 Å². The zero-order valence-electron chi connectivity index (χ0n) is 17.7. The van der Waals surface area contributed by atoms with Crippen LogP contribution in [0.5, 0.6) is 5.75 Å². The van der Waals surface area contributed by atoms with Gasteiger partial charge in [-0.15, -0.1) is 11.3 Å². The Morgan fingerprint density at radius 3 is 2.53 bits per heavy atom. The molecule has 3 aromatic heterocycles. The highest BCUT2D eigenvalue weighted by Crippen LogP contribution is 2.41. The van der Waals surface area contributed by atoms with E-state index in [0.29, 0.717) is 20.8 Å². The fourth-order valence-electron chi connectivity index (χ4n) is 3.47. The number of methoxy groups -OCH3 is 1. The standard InChI is InChI=1S/C23H16ClN5O3S2/c1-32-20-11-16(23-27-13-21(24)33-23)3-5-19(20)29(22-7-9-26-14-28-22)34(30,31)18-4-2-17-12-25-8-6-15(17)10-18/h2-14H,1H3. The van der Waals surface area contributed by atoms with E-state index in [1.807, 2.05) is 0 Å². The lowest BCUT2D eigenvalue weighted by atomic mass is 10.2. The first-order chi connectivity index (χ1) is 16.5. The first-order valence-electron chi connectivity index (χ1n) is 9.92. The molecule has 0 N–H and O–H groups in total. The number of aromatic nitrogens is 4. The van der Waals surface area contributed by atoms with Gasteiger partial charge in [0.25, 0.3) is 10.0 Å². The van der Waals surface area contributed by atoms with E-state index < -0.39 is 10.0 Å². The highest BCUT2D eigenvalue weighted by Gasteiger charge is 2.30. The lowest BCUT2D eigenvalue weighted by Gasteiger charge is -2.25. The molecule has 0 aliphatic rings. The van der Waals surface area contributed by atoms with Gasteiger partial charge in [0.15, 0.2) is 5.82 Å². The van der Waals surface area contributed by atoms with Gasteiger partial charge in [-0.3, -0.25) is 4.98 Å². The summed E-state index contributed by atoms with van der Waals surface area (Å²) >= 11 is 7.35. The van der Waals surface area contributed by atoms with Crippen molar-refractivity contribution in [2.45, 2.75) is 4.90 Å². The summed E-state index contributed by atoms with van der Waals surface area (Å²) in [6, 6.07) is 13.3. The Labute approximate surface area is 204 Å². The molecule has 0 atom stereocenters. The molecule has 5 aromatic rings. The Bertz CT molecular complexity index is 1590. The fraction of sp³-hybridized carbons (Fsp3) is 0.0435. The number of anilines is 2. The average Bonchev–Trinajstić information content (AvgIpc) is 3.31. The van der Waals surface area contributed by atoms with Crippen LogP contribution in [0, 0.1) is 0 Å². The summed E-state index contributed by atoms with van der Waals surface area (Å²) in [4.78, 5) is 16.6. The van der Waals surface area contributed by atoms with Crippen molar-refractivity contribution in [3.63, 3.8) is 0 Å². The first-order valence-corrected chi connectivity index (χ1v) is 12.6. The van der Waals surface area contributed by atoms with Crippen LogP contribution in [0.25, 0.3) is 21.3 Å². The van der Waals surface area contributed by atoms with Gasteiger partial charge in [-0.1, -0.05) is 17.7 Å². The van der Waals surface area contributed by atoms with E-state index in [1.54, 1.807) is 61.1 Å². The Morgan fingerprint density at radius 2 is 1.79 bits per heavy atom. The van der Waals surface area contributed by atoms with Crippen molar-refractivity contribution >= 4 is 55.2 Å². The predicted octanol–water partition coefficient (Wildman–Crippen LogP) is 5.34. The summed E-state index contributed by atoms with van der Waals surface area (Å²) in [6.45, 7) is 0.